The predicted molar refractivity (Wildman–Crippen MR) is 84.7 cm³/mol. The van der Waals surface area contributed by atoms with Crippen molar-refractivity contribution in [1.82, 2.24) is 15.1 Å². The number of carbonyl (C=O) groups excluding carboxylic acids is 2. The molecule has 132 valence electrons. The molecule has 7 nitrogen and oxygen atoms in total. The van der Waals surface area contributed by atoms with Gasteiger partial charge in [-0.15, -0.1) is 0 Å². The maximum atomic E-state index is 12.2. The lowest BCUT2D eigenvalue weighted by molar-refractivity contribution is -0.0553. The molecule has 1 fully saturated rings. The largest absolute Gasteiger partial charge is 0.417 e. The number of benzene rings is 1. The summed E-state index contributed by atoms with van der Waals surface area (Å²) in [6, 6.07) is 7.74. The van der Waals surface area contributed by atoms with Crippen LogP contribution < -0.4 is 15.4 Å². The maximum absolute atomic E-state index is 12.2. The zero-order valence-corrected chi connectivity index (χ0v) is 13.3. The molecule has 0 atom stereocenters. The van der Waals surface area contributed by atoms with Crippen LogP contribution >= 0.6 is 0 Å². The lowest BCUT2D eigenvalue weighted by Gasteiger charge is -2.06. The van der Waals surface area contributed by atoms with Crippen LogP contribution in [0.2, 0.25) is 0 Å². The highest BCUT2D eigenvalue weighted by Crippen LogP contribution is 2.20. The fraction of sp³-hybridized carbons (Fsp3) is 0.312. The van der Waals surface area contributed by atoms with Gasteiger partial charge in [0.05, 0.1) is 0 Å². The summed E-state index contributed by atoms with van der Waals surface area (Å²) in [5.74, 6) is -0.943. The highest BCUT2D eigenvalue weighted by Gasteiger charge is 2.23. The summed E-state index contributed by atoms with van der Waals surface area (Å²) in [7, 11) is 1.39. The maximum Gasteiger partial charge on any atom is 0.388 e. The van der Waals surface area contributed by atoms with Crippen LogP contribution in [0.3, 0.4) is 0 Å². The molecule has 2 N–H and O–H groups in total. The molecule has 0 saturated heterocycles. The van der Waals surface area contributed by atoms with Gasteiger partial charge >= 0.3 is 6.61 Å². The van der Waals surface area contributed by atoms with Gasteiger partial charge in [0.15, 0.2) is 5.69 Å². The van der Waals surface area contributed by atoms with Crippen LogP contribution in [0.1, 0.15) is 33.7 Å². The molecule has 1 aliphatic rings. The number of hydrogen-bond donors (Lipinski definition) is 2. The van der Waals surface area contributed by atoms with E-state index in [0.717, 1.165) is 23.6 Å². The molecule has 0 radical (unpaired) electrons. The molecule has 0 aliphatic heterocycles. The summed E-state index contributed by atoms with van der Waals surface area (Å²) in [6.45, 7) is -3.00. The Kier molecular flexibility index (Phi) is 4.64. The van der Waals surface area contributed by atoms with Crippen molar-refractivity contribution in [3.63, 3.8) is 0 Å². The Labute approximate surface area is 142 Å². The minimum Gasteiger partial charge on any atom is -0.417 e. The lowest BCUT2D eigenvalue weighted by atomic mass is 10.2. The SMILES string of the molecule is Cn1nc(C(=O)Nc2ccc(C(=O)NC3CC3)cc2)cc1OC(F)F. The van der Waals surface area contributed by atoms with Crippen molar-refractivity contribution >= 4 is 17.5 Å². The highest BCUT2D eigenvalue weighted by atomic mass is 19.3. The molecule has 0 bridgehead atoms. The number of aromatic nitrogens is 2. The summed E-state index contributed by atoms with van der Waals surface area (Å²) >= 11 is 0. The average Bonchev–Trinajstić information content (AvgIpc) is 3.30. The number of ether oxygens (including phenoxy) is 1. The average molecular weight is 350 g/mol. The van der Waals surface area contributed by atoms with E-state index in [9.17, 15) is 18.4 Å². The molecule has 1 saturated carbocycles. The van der Waals surface area contributed by atoms with Crippen LogP contribution in [0, 0.1) is 0 Å². The van der Waals surface area contributed by atoms with Gasteiger partial charge in [0.1, 0.15) is 0 Å². The van der Waals surface area contributed by atoms with E-state index in [-0.39, 0.29) is 23.5 Å². The normalized spacial score (nSPS) is 13.6. The number of alkyl halides is 2. The second-order valence-corrected chi connectivity index (χ2v) is 5.65. The fourth-order valence-corrected chi connectivity index (χ4v) is 2.16. The summed E-state index contributed by atoms with van der Waals surface area (Å²) in [4.78, 5) is 24.0. The number of halogens is 2. The van der Waals surface area contributed by atoms with Crippen molar-refractivity contribution in [3.8, 4) is 5.88 Å². The van der Waals surface area contributed by atoms with E-state index in [1.807, 2.05) is 0 Å². The number of rotatable bonds is 6. The third kappa shape index (κ3) is 4.31. The summed E-state index contributed by atoms with van der Waals surface area (Å²) in [6.07, 6.45) is 2.00. The number of carbonyl (C=O) groups is 2. The van der Waals surface area contributed by atoms with Crippen molar-refractivity contribution < 1.29 is 23.1 Å². The summed E-state index contributed by atoms with van der Waals surface area (Å²) < 4.78 is 29.8. The van der Waals surface area contributed by atoms with Gasteiger partial charge in [-0.3, -0.25) is 9.59 Å². The summed E-state index contributed by atoms with van der Waals surface area (Å²) in [5.41, 5.74) is 0.888. The van der Waals surface area contributed by atoms with Gasteiger partial charge in [-0.05, 0) is 37.1 Å². The Morgan fingerprint density at radius 3 is 2.52 bits per heavy atom. The Bertz CT molecular complexity index is 785. The molecule has 2 amide bonds. The van der Waals surface area contributed by atoms with Gasteiger partial charge in [0.25, 0.3) is 11.8 Å². The first-order valence-electron chi connectivity index (χ1n) is 7.63. The molecular formula is C16H16F2N4O3. The third-order valence-electron chi connectivity index (χ3n) is 3.60. The van der Waals surface area contributed by atoms with Crippen molar-refractivity contribution in [3.05, 3.63) is 41.6 Å². The standard InChI is InChI=1S/C16H16F2N4O3/c1-22-13(25-16(17)18)8-12(21-22)15(24)20-10-4-2-9(3-5-10)14(23)19-11-6-7-11/h2-5,8,11,16H,6-7H2,1H3,(H,19,23)(H,20,24). The number of amides is 2. The molecule has 0 spiro atoms. The Morgan fingerprint density at radius 1 is 1.24 bits per heavy atom. The number of nitrogens with one attached hydrogen (secondary N) is 2. The molecule has 3 rings (SSSR count). The molecule has 0 unspecified atom stereocenters. The van der Waals surface area contributed by atoms with Gasteiger partial charge in [-0.1, -0.05) is 0 Å². The first-order valence-corrected chi connectivity index (χ1v) is 7.63. The van der Waals surface area contributed by atoms with Gasteiger partial charge in [-0.25, -0.2) is 4.68 Å². The van der Waals surface area contributed by atoms with Crippen LogP contribution in [0.25, 0.3) is 0 Å². The van der Waals surface area contributed by atoms with E-state index < -0.39 is 12.5 Å². The van der Waals surface area contributed by atoms with Gasteiger partial charge in [-0.2, -0.15) is 13.9 Å². The van der Waals surface area contributed by atoms with Gasteiger partial charge in [0, 0.05) is 30.4 Å². The fourth-order valence-electron chi connectivity index (χ4n) is 2.16. The molecule has 25 heavy (non-hydrogen) atoms. The van der Waals surface area contributed by atoms with E-state index >= 15 is 0 Å². The van der Waals surface area contributed by atoms with Crippen LogP contribution in [0.15, 0.2) is 30.3 Å². The van der Waals surface area contributed by atoms with E-state index in [4.69, 9.17) is 0 Å². The molecule has 1 aromatic heterocycles. The second kappa shape index (κ2) is 6.88. The molecule has 1 aromatic carbocycles. The number of anilines is 1. The van der Waals surface area contributed by atoms with Crippen LogP contribution in [0.5, 0.6) is 5.88 Å². The molecule has 2 aromatic rings. The van der Waals surface area contributed by atoms with Crippen molar-refractivity contribution in [2.75, 3.05) is 5.32 Å². The van der Waals surface area contributed by atoms with Crippen LogP contribution in [-0.4, -0.2) is 34.2 Å². The zero-order chi connectivity index (χ0) is 18.0. The molecule has 9 heteroatoms. The minimum absolute atomic E-state index is 0.0614. The topological polar surface area (TPSA) is 85.2 Å². The van der Waals surface area contributed by atoms with E-state index in [0.29, 0.717) is 11.3 Å². The van der Waals surface area contributed by atoms with E-state index in [2.05, 4.69) is 20.5 Å². The lowest BCUT2D eigenvalue weighted by Crippen LogP contribution is -2.25. The number of hydrogen-bond acceptors (Lipinski definition) is 4. The Hall–Kier alpha value is -2.97. The number of nitrogens with zero attached hydrogens (tertiary/aromatic N) is 2. The van der Waals surface area contributed by atoms with Crippen molar-refractivity contribution in [1.29, 1.82) is 0 Å². The monoisotopic (exact) mass is 350 g/mol. The van der Waals surface area contributed by atoms with Crippen LogP contribution in [-0.2, 0) is 7.05 Å². The third-order valence-corrected chi connectivity index (χ3v) is 3.60. The van der Waals surface area contributed by atoms with Crippen LogP contribution in [0.4, 0.5) is 14.5 Å². The molecule has 1 heterocycles. The van der Waals surface area contributed by atoms with Crippen molar-refractivity contribution in [2.24, 2.45) is 7.05 Å². The van der Waals surface area contributed by atoms with E-state index in [1.54, 1.807) is 24.3 Å². The molecule has 1 aliphatic carbocycles. The quantitative estimate of drug-likeness (QED) is 0.836. The summed E-state index contributed by atoms with van der Waals surface area (Å²) in [5, 5.41) is 9.28. The number of aryl methyl sites for hydroxylation is 1. The first kappa shape index (κ1) is 16.9. The van der Waals surface area contributed by atoms with Gasteiger partial charge in [0.2, 0.25) is 5.88 Å². The zero-order valence-electron chi connectivity index (χ0n) is 13.3. The minimum atomic E-state index is -3.00. The second-order valence-electron chi connectivity index (χ2n) is 5.65. The van der Waals surface area contributed by atoms with Crippen molar-refractivity contribution in [2.45, 2.75) is 25.5 Å². The Balaban J connectivity index is 1.63. The first-order chi connectivity index (χ1) is 11.9. The smallest absolute Gasteiger partial charge is 0.388 e. The molecular weight excluding hydrogens is 334 g/mol. The Morgan fingerprint density at radius 2 is 1.92 bits per heavy atom. The van der Waals surface area contributed by atoms with E-state index in [1.165, 1.54) is 7.05 Å². The highest BCUT2D eigenvalue weighted by molar-refractivity contribution is 6.03. The predicted octanol–water partition coefficient (Wildman–Crippen LogP) is 2.17. The van der Waals surface area contributed by atoms with Gasteiger partial charge < -0.3 is 15.4 Å².